The van der Waals surface area contributed by atoms with Gasteiger partial charge in [-0.05, 0) is 73.6 Å². The lowest BCUT2D eigenvalue weighted by Gasteiger charge is -2.52. The van der Waals surface area contributed by atoms with Crippen LogP contribution in [-0.4, -0.2) is 21.4 Å². The Bertz CT molecular complexity index is 839. The van der Waals surface area contributed by atoms with E-state index in [4.69, 9.17) is 9.16 Å². The summed E-state index contributed by atoms with van der Waals surface area (Å²) in [6.45, 7) is 21.0. The zero-order chi connectivity index (χ0) is 23.4. The number of rotatable bonds is 4. The van der Waals surface area contributed by atoms with Gasteiger partial charge in [-0.15, -0.1) is 0 Å². The molecule has 1 fully saturated rings. The fourth-order valence-corrected chi connectivity index (χ4v) is 6.86. The normalized spacial score (nSPS) is 31.5. The first kappa shape index (κ1) is 24.4. The Balaban J connectivity index is 2.18. The van der Waals surface area contributed by atoms with Crippen molar-refractivity contribution in [2.45, 2.75) is 98.7 Å². The Morgan fingerprint density at radius 3 is 2.35 bits per heavy atom. The van der Waals surface area contributed by atoms with Crippen molar-refractivity contribution in [3.05, 3.63) is 34.6 Å². The molecule has 174 valence electrons. The van der Waals surface area contributed by atoms with Crippen LogP contribution in [0.2, 0.25) is 18.1 Å². The molecule has 31 heavy (non-hydrogen) atoms. The summed E-state index contributed by atoms with van der Waals surface area (Å²) in [5.41, 5.74) is 4.16. The maximum atomic E-state index is 12.6. The second kappa shape index (κ2) is 7.93. The van der Waals surface area contributed by atoms with Gasteiger partial charge in [-0.2, -0.15) is 0 Å². The van der Waals surface area contributed by atoms with Crippen LogP contribution in [0.3, 0.4) is 0 Å². The predicted octanol–water partition coefficient (Wildman–Crippen LogP) is 7.56. The Hall–Kier alpha value is -1.29. The number of esters is 1. The highest BCUT2D eigenvalue weighted by Gasteiger charge is 2.55. The van der Waals surface area contributed by atoms with Gasteiger partial charge in [0.2, 0.25) is 8.32 Å². The van der Waals surface area contributed by atoms with Gasteiger partial charge in [-0.25, -0.2) is 4.79 Å². The van der Waals surface area contributed by atoms with Gasteiger partial charge in [-0.1, -0.05) is 65.7 Å². The van der Waals surface area contributed by atoms with Crippen molar-refractivity contribution >= 4 is 14.3 Å². The molecule has 3 atom stereocenters. The van der Waals surface area contributed by atoms with Crippen molar-refractivity contribution in [1.29, 1.82) is 0 Å². The molecule has 0 aromatic rings. The minimum absolute atomic E-state index is 0.0961. The number of hydrogen-bond donors (Lipinski definition) is 0. The molecule has 1 saturated carbocycles. The van der Waals surface area contributed by atoms with E-state index in [1.165, 1.54) is 26.4 Å². The van der Waals surface area contributed by atoms with E-state index < -0.39 is 8.32 Å². The molecule has 0 radical (unpaired) electrons. The van der Waals surface area contributed by atoms with Gasteiger partial charge in [0.25, 0.3) is 0 Å². The molecular weight excluding hydrogens is 400 g/mol. The summed E-state index contributed by atoms with van der Waals surface area (Å²) in [7, 11) is -0.597. The lowest BCUT2D eigenvalue weighted by molar-refractivity contribution is -0.135. The van der Waals surface area contributed by atoms with E-state index in [-0.39, 0.29) is 21.8 Å². The van der Waals surface area contributed by atoms with Gasteiger partial charge in [0.15, 0.2) is 0 Å². The fraction of sp³-hybridized carbons (Fsp3) is 0.741. The number of ether oxygens (including phenoxy) is 1. The number of carbonyl (C=O) groups is 1. The van der Waals surface area contributed by atoms with Crippen LogP contribution in [0.5, 0.6) is 0 Å². The Morgan fingerprint density at radius 2 is 1.81 bits per heavy atom. The summed E-state index contributed by atoms with van der Waals surface area (Å²) in [6.07, 6.45) is 9.79. The molecular formula is C27H44O3Si. The molecule has 0 bridgehead atoms. The van der Waals surface area contributed by atoms with Crippen LogP contribution in [0.15, 0.2) is 34.6 Å². The molecule has 0 amide bonds. The van der Waals surface area contributed by atoms with E-state index in [1.807, 2.05) is 6.08 Å². The summed E-state index contributed by atoms with van der Waals surface area (Å²) in [4.78, 5) is 12.6. The molecule has 0 aromatic carbocycles. The van der Waals surface area contributed by atoms with Gasteiger partial charge in [0.05, 0.1) is 18.4 Å². The quantitative estimate of drug-likeness (QED) is 0.255. The van der Waals surface area contributed by atoms with Crippen LogP contribution in [0.4, 0.5) is 0 Å². The molecule has 3 aliphatic rings. The molecule has 0 aliphatic heterocycles. The van der Waals surface area contributed by atoms with Crippen molar-refractivity contribution in [1.82, 2.24) is 0 Å². The first-order valence-corrected chi connectivity index (χ1v) is 15.0. The van der Waals surface area contributed by atoms with Crippen LogP contribution < -0.4 is 0 Å². The zero-order valence-corrected chi connectivity index (χ0v) is 22.6. The third-order valence-electron chi connectivity index (χ3n) is 8.97. The van der Waals surface area contributed by atoms with Crippen LogP contribution in [0, 0.1) is 22.7 Å². The molecule has 0 spiro atoms. The second-order valence-electron chi connectivity index (χ2n) is 12.4. The SMILES string of the molecule is COC(=O)C1=CC[C@H]2C3=C(C(C)C)CC[C@]3(C)CC[C@@]2(C)C(O[Si](C)(C)C(C)(C)C)=C1. The number of hydrogen-bond acceptors (Lipinski definition) is 3. The fourth-order valence-electron chi connectivity index (χ4n) is 5.72. The Labute approximate surface area is 191 Å². The average Bonchev–Trinajstić information content (AvgIpc) is 2.94. The molecule has 0 N–H and O–H groups in total. The van der Waals surface area contributed by atoms with Gasteiger partial charge in [-0.3, -0.25) is 0 Å². The zero-order valence-electron chi connectivity index (χ0n) is 21.6. The summed E-state index contributed by atoms with van der Waals surface area (Å²) in [6, 6.07) is 0. The van der Waals surface area contributed by atoms with Gasteiger partial charge in [0, 0.05) is 5.41 Å². The van der Waals surface area contributed by atoms with Crippen molar-refractivity contribution in [2.75, 3.05) is 7.11 Å². The van der Waals surface area contributed by atoms with E-state index in [9.17, 15) is 4.79 Å². The lowest BCUT2D eigenvalue weighted by atomic mass is 9.55. The smallest absolute Gasteiger partial charge is 0.337 e. The molecule has 3 aliphatic carbocycles. The van der Waals surface area contributed by atoms with Crippen LogP contribution in [0.1, 0.15) is 80.6 Å². The minimum atomic E-state index is -2.07. The first-order chi connectivity index (χ1) is 14.2. The van der Waals surface area contributed by atoms with Gasteiger partial charge in [0.1, 0.15) is 0 Å². The summed E-state index contributed by atoms with van der Waals surface area (Å²) in [5, 5.41) is 0.0973. The second-order valence-corrected chi connectivity index (χ2v) is 17.1. The van der Waals surface area contributed by atoms with Crippen molar-refractivity contribution < 1.29 is 14.0 Å². The van der Waals surface area contributed by atoms with E-state index in [2.05, 4.69) is 67.6 Å². The largest absolute Gasteiger partial charge is 0.546 e. The highest BCUT2D eigenvalue weighted by Crippen LogP contribution is 2.64. The van der Waals surface area contributed by atoms with Crippen molar-refractivity contribution in [3.8, 4) is 0 Å². The molecule has 3 rings (SSSR count). The Kier molecular flexibility index (Phi) is 6.23. The Morgan fingerprint density at radius 1 is 1.16 bits per heavy atom. The monoisotopic (exact) mass is 444 g/mol. The number of carbonyl (C=O) groups excluding carboxylic acids is 1. The predicted molar refractivity (Wildman–Crippen MR) is 131 cm³/mol. The van der Waals surface area contributed by atoms with E-state index in [1.54, 1.807) is 11.1 Å². The number of allylic oxidation sites excluding steroid dienone is 4. The van der Waals surface area contributed by atoms with Gasteiger partial charge >= 0.3 is 5.97 Å². The van der Waals surface area contributed by atoms with Crippen molar-refractivity contribution in [2.24, 2.45) is 22.7 Å². The minimum Gasteiger partial charge on any atom is -0.546 e. The molecule has 3 nitrogen and oxygen atoms in total. The van der Waals surface area contributed by atoms with Crippen LogP contribution in [0.25, 0.3) is 0 Å². The molecule has 0 unspecified atom stereocenters. The standard InChI is InChI=1S/C27H44O3Si/c1-18(2)20-13-14-26(6)15-16-27(7)21(23(20)26)12-11-19(24(28)29-8)17-22(27)30-31(9,10)25(3,4)5/h11,17-18,21H,12-16H2,1-10H3/t21-,26+,27+/m0/s1. The third-order valence-corrected chi connectivity index (χ3v) is 13.3. The maximum Gasteiger partial charge on any atom is 0.337 e. The van der Waals surface area contributed by atoms with Gasteiger partial charge < -0.3 is 9.16 Å². The third kappa shape index (κ3) is 4.10. The number of fused-ring (bicyclic) bond motifs is 3. The van der Waals surface area contributed by atoms with Crippen molar-refractivity contribution in [3.63, 3.8) is 0 Å². The molecule has 0 saturated heterocycles. The summed E-state index contributed by atoms with van der Waals surface area (Å²) >= 11 is 0. The first-order valence-electron chi connectivity index (χ1n) is 12.1. The highest BCUT2D eigenvalue weighted by molar-refractivity contribution is 6.74. The summed E-state index contributed by atoms with van der Waals surface area (Å²) < 4.78 is 12.2. The van der Waals surface area contributed by atoms with E-state index >= 15 is 0 Å². The van der Waals surface area contributed by atoms with Crippen LogP contribution in [-0.2, 0) is 14.0 Å². The average molecular weight is 445 g/mol. The maximum absolute atomic E-state index is 12.6. The highest BCUT2D eigenvalue weighted by atomic mass is 28.4. The van der Waals surface area contributed by atoms with E-state index in [0.717, 1.165) is 18.6 Å². The molecule has 0 aromatic heterocycles. The lowest BCUT2D eigenvalue weighted by Crippen LogP contribution is -2.46. The van der Waals surface area contributed by atoms with Crippen LogP contribution >= 0.6 is 0 Å². The molecule has 4 heteroatoms. The van der Waals surface area contributed by atoms with E-state index in [0.29, 0.717) is 17.4 Å². The summed E-state index contributed by atoms with van der Waals surface area (Å²) in [5.74, 6) is 1.71. The topological polar surface area (TPSA) is 35.5 Å². The molecule has 0 heterocycles. The number of methoxy groups -OCH3 is 1.